The Morgan fingerprint density at radius 3 is 2.85 bits per heavy atom. The number of carbonyl (C=O) groups excluding carboxylic acids is 1. The van der Waals surface area contributed by atoms with Gasteiger partial charge in [0.15, 0.2) is 0 Å². The molecule has 2 heterocycles. The molecule has 0 aromatic carbocycles. The van der Waals surface area contributed by atoms with Crippen molar-refractivity contribution in [3.8, 4) is 0 Å². The number of fused-ring (bicyclic) bond motifs is 1. The van der Waals surface area contributed by atoms with E-state index in [-0.39, 0.29) is 24.1 Å². The van der Waals surface area contributed by atoms with Gasteiger partial charge < -0.3 is 10.3 Å². The predicted molar refractivity (Wildman–Crippen MR) is 77.7 cm³/mol. The van der Waals surface area contributed by atoms with E-state index in [0.717, 1.165) is 12.1 Å². The van der Waals surface area contributed by atoms with Crippen LogP contribution in [0.15, 0.2) is 10.9 Å². The summed E-state index contributed by atoms with van der Waals surface area (Å²) in [5.41, 5.74) is 1.27. The normalized spacial score (nSPS) is 12.6. The molecule has 0 saturated heterocycles. The topological polar surface area (TPSA) is 79.8 Å². The number of rotatable bonds is 4. The van der Waals surface area contributed by atoms with Gasteiger partial charge in [-0.2, -0.15) is 0 Å². The maximum absolute atomic E-state index is 12.4. The molecular formula is C14H20N4O2. The summed E-state index contributed by atoms with van der Waals surface area (Å²) in [6.07, 6.45) is 0.855. The summed E-state index contributed by atoms with van der Waals surface area (Å²) in [7, 11) is 0. The Hall–Kier alpha value is -2.11. The van der Waals surface area contributed by atoms with Crippen LogP contribution in [0.4, 0.5) is 0 Å². The summed E-state index contributed by atoms with van der Waals surface area (Å²) < 4.78 is 1.41. The lowest BCUT2D eigenvalue weighted by atomic mass is 10.2. The molecule has 1 amide bonds. The van der Waals surface area contributed by atoms with Crippen molar-refractivity contribution in [2.75, 3.05) is 0 Å². The minimum Gasteiger partial charge on any atom is -0.352 e. The number of carbonyl (C=O) groups is 1. The molecular weight excluding hydrogens is 256 g/mol. The number of H-pyrrole nitrogens is 1. The highest BCUT2D eigenvalue weighted by Gasteiger charge is 2.13. The van der Waals surface area contributed by atoms with Crippen molar-refractivity contribution in [2.45, 2.75) is 46.7 Å². The van der Waals surface area contributed by atoms with Crippen LogP contribution in [0, 0.1) is 13.8 Å². The Morgan fingerprint density at radius 2 is 2.20 bits per heavy atom. The Bertz CT molecular complexity index is 699. The van der Waals surface area contributed by atoms with Crippen molar-refractivity contribution >= 4 is 16.9 Å². The van der Waals surface area contributed by atoms with Gasteiger partial charge in [0, 0.05) is 11.7 Å². The van der Waals surface area contributed by atoms with Crippen LogP contribution >= 0.6 is 0 Å². The van der Waals surface area contributed by atoms with E-state index < -0.39 is 0 Å². The van der Waals surface area contributed by atoms with E-state index in [1.165, 1.54) is 4.57 Å². The Labute approximate surface area is 117 Å². The highest BCUT2D eigenvalue weighted by atomic mass is 16.2. The van der Waals surface area contributed by atoms with Gasteiger partial charge in [0.05, 0.1) is 5.39 Å². The molecule has 20 heavy (non-hydrogen) atoms. The number of aryl methyl sites for hydroxylation is 2. The Morgan fingerprint density at radius 1 is 1.50 bits per heavy atom. The first-order valence-corrected chi connectivity index (χ1v) is 6.78. The molecule has 2 rings (SSSR count). The molecule has 1 atom stereocenters. The number of aromatic nitrogens is 3. The summed E-state index contributed by atoms with van der Waals surface area (Å²) in [5.74, 6) is 0.363. The number of aromatic amines is 1. The SMILES string of the molecule is CCC(C)NC(=O)Cn1c(C)nc2[nH]c(C)cc2c1=O. The van der Waals surface area contributed by atoms with Crippen LogP contribution in [-0.4, -0.2) is 26.5 Å². The first kappa shape index (κ1) is 14.3. The molecule has 0 bridgehead atoms. The molecule has 0 aliphatic carbocycles. The third-order valence-corrected chi connectivity index (χ3v) is 3.39. The molecule has 1 unspecified atom stereocenters. The largest absolute Gasteiger partial charge is 0.352 e. The van der Waals surface area contributed by atoms with E-state index in [9.17, 15) is 9.59 Å². The lowest BCUT2D eigenvalue weighted by molar-refractivity contribution is -0.122. The van der Waals surface area contributed by atoms with Crippen LogP contribution in [0.5, 0.6) is 0 Å². The van der Waals surface area contributed by atoms with Crippen LogP contribution in [0.3, 0.4) is 0 Å². The molecule has 0 fully saturated rings. The second-order valence-corrected chi connectivity index (χ2v) is 5.14. The molecule has 0 spiro atoms. The second kappa shape index (κ2) is 5.48. The van der Waals surface area contributed by atoms with Gasteiger partial charge >= 0.3 is 0 Å². The van der Waals surface area contributed by atoms with E-state index in [2.05, 4.69) is 15.3 Å². The van der Waals surface area contributed by atoms with Crippen molar-refractivity contribution < 1.29 is 4.79 Å². The Kier molecular flexibility index (Phi) is 3.92. The molecule has 0 radical (unpaired) electrons. The standard InChI is InChI=1S/C14H20N4O2/c1-5-8(2)15-12(19)7-18-10(4)17-13-11(14(18)20)6-9(3)16-13/h6,8,16H,5,7H2,1-4H3,(H,15,19). The summed E-state index contributed by atoms with van der Waals surface area (Å²) in [5, 5.41) is 3.37. The molecule has 2 aromatic rings. The number of hydrogen-bond acceptors (Lipinski definition) is 3. The summed E-state index contributed by atoms with van der Waals surface area (Å²) in [4.78, 5) is 31.7. The molecule has 6 heteroatoms. The highest BCUT2D eigenvalue weighted by molar-refractivity contribution is 5.78. The van der Waals surface area contributed by atoms with E-state index in [1.54, 1.807) is 13.0 Å². The summed E-state index contributed by atoms with van der Waals surface area (Å²) >= 11 is 0. The van der Waals surface area contributed by atoms with Gasteiger partial charge in [0.25, 0.3) is 5.56 Å². The van der Waals surface area contributed by atoms with E-state index in [0.29, 0.717) is 16.9 Å². The minimum absolute atomic E-state index is 0.00216. The van der Waals surface area contributed by atoms with Crippen LogP contribution in [0.25, 0.3) is 11.0 Å². The molecule has 6 nitrogen and oxygen atoms in total. The molecule has 2 aromatic heterocycles. The zero-order valence-corrected chi connectivity index (χ0v) is 12.3. The van der Waals surface area contributed by atoms with Crippen molar-refractivity contribution in [2.24, 2.45) is 0 Å². The Balaban J connectivity index is 2.34. The average molecular weight is 276 g/mol. The molecule has 0 saturated carbocycles. The van der Waals surface area contributed by atoms with Gasteiger partial charge in [-0.05, 0) is 33.3 Å². The first-order chi connectivity index (χ1) is 9.42. The number of hydrogen-bond donors (Lipinski definition) is 2. The van der Waals surface area contributed by atoms with E-state index >= 15 is 0 Å². The zero-order valence-electron chi connectivity index (χ0n) is 12.3. The monoisotopic (exact) mass is 276 g/mol. The van der Waals surface area contributed by atoms with Crippen LogP contribution in [0.1, 0.15) is 31.8 Å². The number of nitrogens with zero attached hydrogens (tertiary/aromatic N) is 2. The molecule has 108 valence electrons. The first-order valence-electron chi connectivity index (χ1n) is 6.78. The third-order valence-electron chi connectivity index (χ3n) is 3.39. The zero-order chi connectivity index (χ0) is 14.9. The lowest BCUT2D eigenvalue weighted by Gasteiger charge is -2.13. The van der Waals surface area contributed by atoms with Gasteiger partial charge in [-0.25, -0.2) is 4.98 Å². The molecule has 0 aliphatic rings. The maximum Gasteiger partial charge on any atom is 0.263 e. The van der Waals surface area contributed by atoms with E-state index in [4.69, 9.17) is 0 Å². The third kappa shape index (κ3) is 2.74. The predicted octanol–water partition coefficient (Wildman–Crippen LogP) is 1.26. The van der Waals surface area contributed by atoms with Gasteiger partial charge in [-0.15, -0.1) is 0 Å². The number of amides is 1. The van der Waals surface area contributed by atoms with Crippen molar-refractivity contribution in [3.63, 3.8) is 0 Å². The molecule has 0 aliphatic heterocycles. The van der Waals surface area contributed by atoms with Crippen LogP contribution < -0.4 is 10.9 Å². The van der Waals surface area contributed by atoms with Gasteiger partial charge in [-0.3, -0.25) is 14.2 Å². The fraction of sp³-hybridized carbons (Fsp3) is 0.500. The van der Waals surface area contributed by atoms with Crippen LogP contribution in [-0.2, 0) is 11.3 Å². The fourth-order valence-electron chi connectivity index (χ4n) is 2.09. The fourth-order valence-corrected chi connectivity index (χ4v) is 2.09. The summed E-state index contributed by atoms with van der Waals surface area (Å²) in [6, 6.07) is 1.86. The molecule has 2 N–H and O–H groups in total. The van der Waals surface area contributed by atoms with E-state index in [1.807, 2.05) is 20.8 Å². The summed E-state index contributed by atoms with van der Waals surface area (Å²) in [6.45, 7) is 7.54. The second-order valence-electron chi connectivity index (χ2n) is 5.14. The maximum atomic E-state index is 12.4. The minimum atomic E-state index is -0.184. The lowest BCUT2D eigenvalue weighted by Crippen LogP contribution is -2.38. The van der Waals surface area contributed by atoms with Gasteiger partial charge in [-0.1, -0.05) is 6.92 Å². The van der Waals surface area contributed by atoms with Gasteiger partial charge in [0.2, 0.25) is 5.91 Å². The van der Waals surface area contributed by atoms with Crippen molar-refractivity contribution in [1.29, 1.82) is 0 Å². The highest BCUT2D eigenvalue weighted by Crippen LogP contribution is 2.09. The van der Waals surface area contributed by atoms with Gasteiger partial charge in [0.1, 0.15) is 18.0 Å². The average Bonchev–Trinajstić information content (AvgIpc) is 2.75. The number of nitrogens with one attached hydrogen (secondary N) is 2. The van der Waals surface area contributed by atoms with Crippen molar-refractivity contribution in [1.82, 2.24) is 19.9 Å². The van der Waals surface area contributed by atoms with Crippen LogP contribution in [0.2, 0.25) is 0 Å². The van der Waals surface area contributed by atoms with Crippen molar-refractivity contribution in [3.05, 3.63) is 27.9 Å². The quantitative estimate of drug-likeness (QED) is 0.882. The smallest absolute Gasteiger partial charge is 0.263 e.